The van der Waals surface area contributed by atoms with Crippen molar-refractivity contribution in [3.05, 3.63) is 29.8 Å². The van der Waals surface area contributed by atoms with Crippen LogP contribution in [0.2, 0.25) is 0 Å². The highest BCUT2D eigenvalue weighted by Gasteiger charge is 2.17. The minimum Gasteiger partial charge on any atom is -0.356 e. The summed E-state index contributed by atoms with van der Waals surface area (Å²) in [6.45, 7) is 13.5. The van der Waals surface area contributed by atoms with Crippen LogP contribution in [0.15, 0.2) is 34.2 Å². The van der Waals surface area contributed by atoms with Gasteiger partial charge in [-0.15, -0.1) is 35.7 Å². The summed E-state index contributed by atoms with van der Waals surface area (Å²) < 4.78 is 0. The summed E-state index contributed by atoms with van der Waals surface area (Å²) in [4.78, 5) is 13.1. The summed E-state index contributed by atoms with van der Waals surface area (Å²) in [7, 11) is 3.97. The number of rotatable bonds is 8. The molecule has 2 rings (SSSR count). The van der Waals surface area contributed by atoms with E-state index in [-0.39, 0.29) is 24.0 Å². The number of halogens is 1. The first-order valence-corrected chi connectivity index (χ1v) is 11.3. The van der Waals surface area contributed by atoms with Crippen molar-refractivity contribution in [3.63, 3.8) is 0 Å². The number of piperazine rings is 1. The first kappa shape index (κ1) is 25.5. The summed E-state index contributed by atoms with van der Waals surface area (Å²) in [5, 5.41) is 3.56. The van der Waals surface area contributed by atoms with E-state index < -0.39 is 0 Å². The number of aliphatic imine (C=N–C) groups is 1. The van der Waals surface area contributed by atoms with Crippen LogP contribution in [0.1, 0.15) is 19.4 Å². The fraction of sp³-hybridized carbons (Fsp3) is 0.667. The van der Waals surface area contributed by atoms with Crippen molar-refractivity contribution in [2.45, 2.75) is 25.3 Å². The van der Waals surface area contributed by atoms with Gasteiger partial charge in [0.15, 0.2) is 5.96 Å². The van der Waals surface area contributed by atoms with Crippen molar-refractivity contribution in [1.29, 1.82) is 0 Å². The predicted molar refractivity (Wildman–Crippen MR) is 134 cm³/mol. The van der Waals surface area contributed by atoms with Crippen LogP contribution in [0, 0.1) is 5.92 Å². The third-order valence-electron chi connectivity index (χ3n) is 5.24. The van der Waals surface area contributed by atoms with Crippen molar-refractivity contribution in [2.24, 2.45) is 10.9 Å². The van der Waals surface area contributed by atoms with Gasteiger partial charge in [0.2, 0.25) is 0 Å². The van der Waals surface area contributed by atoms with Crippen molar-refractivity contribution < 1.29 is 0 Å². The molecule has 1 atom stereocenters. The zero-order valence-corrected chi connectivity index (χ0v) is 21.3. The maximum atomic E-state index is 4.46. The molecule has 0 aliphatic carbocycles. The van der Waals surface area contributed by atoms with E-state index in [1.807, 2.05) is 7.05 Å². The monoisotopic (exact) mass is 519 g/mol. The highest BCUT2D eigenvalue weighted by Crippen LogP contribution is 2.15. The largest absolute Gasteiger partial charge is 0.356 e. The zero-order chi connectivity index (χ0) is 19.6. The Labute approximate surface area is 193 Å². The van der Waals surface area contributed by atoms with Gasteiger partial charge in [0.05, 0.1) is 0 Å². The van der Waals surface area contributed by atoms with Crippen LogP contribution in [-0.2, 0) is 6.54 Å². The highest BCUT2D eigenvalue weighted by molar-refractivity contribution is 14.0. The van der Waals surface area contributed by atoms with E-state index in [1.165, 1.54) is 43.2 Å². The van der Waals surface area contributed by atoms with Gasteiger partial charge in [-0.25, -0.2) is 0 Å². The molecule has 0 aromatic heterocycles. The van der Waals surface area contributed by atoms with E-state index in [0.717, 1.165) is 25.6 Å². The quantitative estimate of drug-likeness (QED) is 0.247. The van der Waals surface area contributed by atoms with Gasteiger partial charge in [-0.05, 0) is 36.4 Å². The molecule has 0 spiro atoms. The lowest BCUT2D eigenvalue weighted by Gasteiger charge is -2.35. The first-order chi connectivity index (χ1) is 13.0. The van der Waals surface area contributed by atoms with Crippen LogP contribution < -0.4 is 5.32 Å². The van der Waals surface area contributed by atoms with Crippen LogP contribution >= 0.6 is 35.7 Å². The molecule has 1 aliphatic rings. The molecule has 1 unspecified atom stereocenters. The average molecular weight is 520 g/mol. The molecule has 1 aliphatic heterocycles. The minimum absolute atomic E-state index is 0. The fourth-order valence-corrected chi connectivity index (χ4v) is 3.93. The number of nitrogens with zero attached hydrogens (tertiary/aromatic N) is 4. The summed E-state index contributed by atoms with van der Waals surface area (Å²) in [6, 6.07) is 8.77. The van der Waals surface area contributed by atoms with Gasteiger partial charge < -0.3 is 20.0 Å². The molecule has 7 heteroatoms. The lowest BCUT2D eigenvalue weighted by atomic mass is 10.1. The van der Waals surface area contributed by atoms with E-state index in [2.05, 4.69) is 76.4 Å². The van der Waals surface area contributed by atoms with Gasteiger partial charge >= 0.3 is 0 Å². The van der Waals surface area contributed by atoms with E-state index in [4.69, 9.17) is 0 Å². The van der Waals surface area contributed by atoms with Gasteiger partial charge in [-0.1, -0.05) is 26.0 Å². The molecule has 1 fully saturated rings. The fourth-order valence-electron chi connectivity index (χ4n) is 3.52. The summed E-state index contributed by atoms with van der Waals surface area (Å²) in [5.41, 5.74) is 1.31. The molecule has 0 amide bonds. The molecule has 0 saturated carbocycles. The normalized spacial score (nSPS) is 17.1. The third kappa shape index (κ3) is 8.47. The molecule has 1 heterocycles. The van der Waals surface area contributed by atoms with E-state index in [0.29, 0.717) is 5.92 Å². The molecule has 1 aromatic rings. The maximum absolute atomic E-state index is 4.46. The van der Waals surface area contributed by atoms with Gasteiger partial charge in [-0.2, -0.15) is 0 Å². The van der Waals surface area contributed by atoms with Crippen LogP contribution in [0.5, 0.6) is 0 Å². The predicted octanol–water partition coefficient (Wildman–Crippen LogP) is 3.31. The highest BCUT2D eigenvalue weighted by atomic mass is 127. The molecule has 1 aromatic carbocycles. The van der Waals surface area contributed by atoms with Gasteiger partial charge in [0.1, 0.15) is 0 Å². The second kappa shape index (κ2) is 13.7. The topological polar surface area (TPSA) is 34.1 Å². The van der Waals surface area contributed by atoms with E-state index in [1.54, 1.807) is 11.8 Å². The number of nitrogens with one attached hydrogen (secondary N) is 1. The number of guanidine groups is 1. The van der Waals surface area contributed by atoms with Crippen molar-refractivity contribution in [3.8, 4) is 0 Å². The van der Waals surface area contributed by atoms with Crippen molar-refractivity contribution in [2.75, 3.05) is 66.2 Å². The van der Waals surface area contributed by atoms with Crippen molar-refractivity contribution in [1.82, 2.24) is 20.0 Å². The summed E-state index contributed by atoms with van der Waals surface area (Å²) in [6.07, 6.45) is 2.11. The second-order valence-electron chi connectivity index (χ2n) is 7.47. The van der Waals surface area contributed by atoms with Gasteiger partial charge in [0, 0.05) is 64.8 Å². The Bertz CT molecular complexity index is 573. The number of thioether (sulfide) groups is 1. The zero-order valence-electron chi connectivity index (χ0n) is 18.1. The molecular formula is C21H38IN5S. The Morgan fingerprint density at radius 1 is 1.18 bits per heavy atom. The molecule has 28 heavy (non-hydrogen) atoms. The Kier molecular flexibility index (Phi) is 12.5. The Balaban J connectivity index is 0.00000392. The Morgan fingerprint density at radius 3 is 2.32 bits per heavy atom. The van der Waals surface area contributed by atoms with Crippen LogP contribution in [0.3, 0.4) is 0 Å². The minimum atomic E-state index is 0. The molecule has 0 bridgehead atoms. The summed E-state index contributed by atoms with van der Waals surface area (Å²) in [5.74, 6) is 1.57. The van der Waals surface area contributed by atoms with Crippen LogP contribution in [-0.4, -0.2) is 86.8 Å². The molecular weight excluding hydrogens is 481 g/mol. The molecule has 1 N–H and O–H groups in total. The lowest BCUT2D eigenvalue weighted by molar-refractivity contribution is 0.124. The number of likely N-dealkylation sites (N-methyl/N-ethyl adjacent to an activating group) is 1. The standard InChI is InChI=1S/C21H37N5S.HI/c1-6-25-11-13-26(14-12-25)16-18(2)15-23-21(22-3)24(4)17-19-7-9-20(27-5)10-8-19;/h7-10,18H,6,11-17H2,1-5H3,(H,22,23);1H. The van der Waals surface area contributed by atoms with Crippen molar-refractivity contribution >= 4 is 41.7 Å². The number of hydrogen-bond acceptors (Lipinski definition) is 4. The molecule has 1 saturated heterocycles. The van der Waals surface area contributed by atoms with E-state index in [9.17, 15) is 0 Å². The van der Waals surface area contributed by atoms with Gasteiger partial charge in [-0.3, -0.25) is 4.99 Å². The Hall–Kier alpha value is -0.510. The maximum Gasteiger partial charge on any atom is 0.193 e. The smallest absolute Gasteiger partial charge is 0.193 e. The Morgan fingerprint density at radius 2 is 1.79 bits per heavy atom. The third-order valence-corrected chi connectivity index (χ3v) is 5.99. The molecule has 0 radical (unpaired) electrons. The first-order valence-electron chi connectivity index (χ1n) is 10.0. The van der Waals surface area contributed by atoms with Crippen LogP contribution in [0.4, 0.5) is 0 Å². The lowest BCUT2D eigenvalue weighted by Crippen LogP contribution is -2.48. The SMILES string of the molecule is CCN1CCN(CC(C)CNC(=NC)N(C)Cc2ccc(SC)cc2)CC1.I. The average Bonchev–Trinajstić information content (AvgIpc) is 2.69. The number of benzene rings is 1. The van der Waals surface area contributed by atoms with Gasteiger partial charge in [0.25, 0.3) is 0 Å². The van der Waals surface area contributed by atoms with Crippen LogP contribution in [0.25, 0.3) is 0 Å². The molecule has 160 valence electrons. The number of hydrogen-bond donors (Lipinski definition) is 1. The van der Waals surface area contributed by atoms with E-state index >= 15 is 0 Å². The molecule has 5 nitrogen and oxygen atoms in total. The summed E-state index contributed by atoms with van der Waals surface area (Å²) >= 11 is 1.78. The second-order valence-corrected chi connectivity index (χ2v) is 8.35.